The van der Waals surface area contributed by atoms with Gasteiger partial charge in [0, 0.05) is 44.4 Å². The van der Waals surface area contributed by atoms with Crippen LogP contribution in [-0.4, -0.2) is 30.0 Å². The number of aromatic nitrogens is 2. The Labute approximate surface area is 96.4 Å². The molecule has 0 saturated carbocycles. The predicted molar refractivity (Wildman–Crippen MR) is 61.5 cm³/mol. The fourth-order valence-electron chi connectivity index (χ4n) is 1.94. The SMILES string of the molecule is CCn1cc2c(n1)CNCC2COC.Cl. The number of nitrogens with one attached hydrogen (secondary N) is 1. The summed E-state index contributed by atoms with van der Waals surface area (Å²) in [6.07, 6.45) is 2.15. The Hall–Kier alpha value is -0.580. The molecule has 15 heavy (non-hydrogen) atoms. The van der Waals surface area contributed by atoms with Gasteiger partial charge >= 0.3 is 0 Å². The molecule has 0 fully saturated rings. The lowest BCUT2D eigenvalue weighted by molar-refractivity contribution is 0.175. The first-order chi connectivity index (χ1) is 6.85. The van der Waals surface area contributed by atoms with E-state index in [1.165, 1.54) is 11.3 Å². The number of hydrogen-bond donors (Lipinski definition) is 1. The van der Waals surface area contributed by atoms with Gasteiger partial charge in [-0.2, -0.15) is 5.10 Å². The van der Waals surface area contributed by atoms with Gasteiger partial charge in [-0.1, -0.05) is 0 Å². The molecule has 5 heteroatoms. The minimum absolute atomic E-state index is 0. The van der Waals surface area contributed by atoms with Crippen LogP contribution in [0.15, 0.2) is 6.20 Å². The fraction of sp³-hybridized carbons (Fsp3) is 0.700. The van der Waals surface area contributed by atoms with Crippen molar-refractivity contribution in [1.29, 1.82) is 0 Å². The van der Waals surface area contributed by atoms with Crippen LogP contribution < -0.4 is 5.32 Å². The quantitative estimate of drug-likeness (QED) is 0.849. The number of rotatable bonds is 3. The van der Waals surface area contributed by atoms with Gasteiger partial charge < -0.3 is 10.1 Å². The van der Waals surface area contributed by atoms with E-state index < -0.39 is 0 Å². The van der Waals surface area contributed by atoms with Crippen molar-refractivity contribution in [3.8, 4) is 0 Å². The third kappa shape index (κ3) is 2.51. The van der Waals surface area contributed by atoms with Crippen molar-refractivity contribution in [3.05, 3.63) is 17.5 Å². The first-order valence-corrected chi connectivity index (χ1v) is 5.11. The number of fused-ring (bicyclic) bond motifs is 1. The van der Waals surface area contributed by atoms with Gasteiger partial charge in [0.15, 0.2) is 0 Å². The van der Waals surface area contributed by atoms with E-state index in [9.17, 15) is 0 Å². The molecule has 1 N–H and O–H groups in total. The molecule has 0 bridgehead atoms. The molecule has 0 spiro atoms. The molecule has 1 aromatic rings. The molecule has 1 unspecified atom stereocenters. The van der Waals surface area contributed by atoms with Crippen LogP contribution in [0.25, 0.3) is 0 Å². The molecule has 0 aliphatic carbocycles. The standard InChI is InChI=1S/C10H17N3O.ClH/c1-3-13-6-9-8(7-14-2)4-11-5-10(9)12-13;/h6,8,11H,3-5,7H2,1-2H3;1H. The fourth-order valence-corrected chi connectivity index (χ4v) is 1.94. The molecule has 0 radical (unpaired) electrons. The smallest absolute Gasteiger partial charge is 0.0798 e. The zero-order chi connectivity index (χ0) is 9.97. The van der Waals surface area contributed by atoms with E-state index in [1.807, 2.05) is 4.68 Å². The second kappa shape index (κ2) is 5.49. The number of nitrogens with zero attached hydrogens (tertiary/aromatic N) is 2. The average molecular weight is 232 g/mol. The van der Waals surface area contributed by atoms with Gasteiger partial charge in [-0.3, -0.25) is 4.68 Å². The summed E-state index contributed by atoms with van der Waals surface area (Å²) in [5.41, 5.74) is 2.53. The Morgan fingerprint density at radius 3 is 3.13 bits per heavy atom. The van der Waals surface area contributed by atoms with E-state index in [-0.39, 0.29) is 12.4 Å². The molecular weight excluding hydrogens is 214 g/mol. The second-order valence-electron chi connectivity index (χ2n) is 3.67. The molecule has 4 nitrogen and oxygen atoms in total. The molecule has 2 rings (SSSR count). The van der Waals surface area contributed by atoms with Crippen LogP contribution in [0.2, 0.25) is 0 Å². The maximum Gasteiger partial charge on any atom is 0.0798 e. The van der Waals surface area contributed by atoms with E-state index in [0.29, 0.717) is 5.92 Å². The van der Waals surface area contributed by atoms with E-state index in [1.54, 1.807) is 7.11 Å². The van der Waals surface area contributed by atoms with Gasteiger partial charge in [-0.05, 0) is 6.92 Å². The zero-order valence-corrected chi connectivity index (χ0v) is 10.0. The molecule has 1 aromatic heterocycles. The van der Waals surface area contributed by atoms with Gasteiger partial charge in [0.25, 0.3) is 0 Å². The minimum Gasteiger partial charge on any atom is -0.384 e. The molecule has 0 amide bonds. The molecule has 1 aliphatic rings. The second-order valence-corrected chi connectivity index (χ2v) is 3.67. The van der Waals surface area contributed by atoms with Crippen molar-refractivity contribution in [3.63, 3.8) is 0 Å². The number of aryl methyl sites for hydroxylation is 1. The number of ether oxygens (including phenoxy) is 1. The Morgan fingerprint density at radius 1 is 1.67 bits per heavy atom. The van der Waals surface area contributed by atoms with Crippen molar-refractivity contribution in [2.24, 2.45) is 0 Å². The Balaban J connectivity index is 0.00000112. The summed E-state index contributed by atoms with van der Waals surface area (Å²) in [7, 11) is 1.75. The molecule has 2 heterocycles. The lowest BCUT2D eigenvalue weighted by atomic mass is 9.97. The summed E-state index contributed by atoms with van der Waals surface area (Å²) < 4.78 is 7.20. The third-order valence-corrected chi connectivity index (χ3v) is 2.69. The van der Waals surface area contributed by atoms with Gasteiger partial charge in [0.05, 0.1) is 12.3 Å². The van der Waals surface area contributed by atoms with Crippen LogP contribution in [0.5, 0.6) is 0 Å². The Kier molecular flexibility index (Phi) is 4.57. The van der Waals surface area contributed by atoms with Crippen LogP contribution in [0.4, 0.5) is 0 Å². The van der Waals surface area contributed by atoms with Crippen molar-refractivity contribution in [1.82, 2.24) is 15.1 Å². The summed E-state index contributed by atoms with van der Waals surface area (Å²) in [4.78, 5) is 0. The van der Waals surface area contributed by atoms with Crippen molar-refractivity contribution < 1.29 is 4.74 Å². The monoisotopic (exact) mass is 231 g/mol. The molecular formula is C10H18ClN3O. The van der Waals surface area contributed by atoms with Crippen molar-refractivity contribution in [2.45, 2.75) is 25.9 Å². The largest absolute Gasteiger partial charge is 0.384 e. The van der Waals surface area contributed by atoms with Crippen LogP contribution in [0, 0.1) is 0 Å². The normalized spacial score (nSPS) is 19.5. The van der Waals surface area contributed by atoms with E-state index >= 15 is 0 Å². The lowest BCUT2D eigenvalue weighted by Gasteiger charge is -2.21. The number of methoxy groups -OCH3 is 1. The van der Waals surface area contributed by atoms with E-state index in [4.69, 9.17) is 4.74 Å². The highest BCUT2D eigenvalue weighted by molar-refractivity contribution is 5.85. The molecule has 0 saturated heterocycles. The topological polar surface area (TPSA) is 39.1 Å². The minimum atomic E-state index is 0. The molecule has 1 aliphatic heterocycles. The molecule has 86 valence electrons. The maximum absolute atomic E-state index is 5.20. The Morgan fingerprint density at radius 2 is 2.47 bits per heavy atom. The number of halogens is 1. The highest BCUT2D eigenvalue weighted by atomic mass is 35.5. The summed E-state index contributed by atoms with van der Waals surface area (Å²) in [5, 5.41) is 7.86. The van der Waals surface area contributed by atoms with Crippen LogP contribution in [-0.2, 0) is 17.8 Å². The summed E-state index contributed by atoms with van der Waals surface area (Å²) >= 11 is 0. The zero-order valence-electron chi connectivity index (χ0n) is 9.19. The van der Waals surface area contributed by atoms with Crippen LogP contribution >= 0.6 is 12.4 Å². The lowest BCUT2D eigenvalue weighted by Crippen LogP contribution is -2.29. The number of hydrogen-bond acceptors (Lipinski definition) is 3. The summed E-state index contributed by atoms with van der Waals surface area (Å²) in [6, 6.07) is 0. The van der Waals surface area contributed by atoms with E-state index in [2.05, 4.69) is 23.5 Å². The summed E-state index contributed by atoms with van der Waals surface area (Å²) in [6.45, 7) is 5.71. The first kappa shape index (κ1) is 12.5. The van der Waals surface area contributed by atoms with Gasteiger partial charge in [-0.15, -0.1) is 12.4 Å². The van der Waals surface area contributed by atoms with Gasteiger partial charge in [0.2, 0.25) is 0 Å². The van der Waals surface area contributed by atoms with Crippen molar-refractivity contribution in [2.75, 3.05) is 20.3 Å². The van der Waals surface area contributed by atoms with Gasteiger partial charge in [-0.25, -0.2) is 0 Å². The average Bonchev–Trinajstić information content (AvgIpc) is 2.62. The molecule has 1 atom stereocenters. The molecule has 0 aromatic carbocycles. The summed E-state index contributed by atoms with van der Waals surface area (Å²) in [5.74, 6) is 0.462. The predicted octanol–water partition coefficient (Wildman–Crippen LogP) is 1.16. The Bertz CT molecular complexity index is 314. The highest BCUT2D eigenvalue weighted by Crippen LogP contribution is 2.22. The first-order valence-electron chi connectivity index (χ1n) is 5.11. The highest BCUT2D eigenvalue weighted by Gasteiger charge is 2.22. The van der Waals surface area contributed by atoms with E-state index in [0.717, 1.165) is 26.2 Å². The maximum atomic E-state index is 5.20. The van der Waals surface area contributed by atoms with Gasteiger partial charge in [0.1, 0.15) is 0 Å². The van der Waals surface area contributed by atoms with Crippen LogP contribution in [0.3, 0.4) is 0 Å². The van der Waals surface area contributed by atoms with Crippen LogP contribution in [0.1, 0.15) is 24.1 Å². The van der Waals surface area contributed by atoms with Crippen molar-refractivity contribution >= 4 is 12.4 Å². The third-order valence-electron chi connectivity index (χ3n) is 2.69.